The van der Waals surface area contributed by atoms with Crippen molar-refractivity contribution in [1.82, 2.24) is 4.72 Å². The summed E-state index contributed by atoms with van der Waals surface area (Å²) in [5.74, 6) is 0.513. The van der Waals surface area contributed by atoms with Gasteiger partial charge in [-0.2, -0.15) is 0 Å². The van der Waals surface area contributed by atoms with Gasteiger partial charge < -0.3 is 0 Å². The molecule has 0 unspecified atom stereocenters. The third-order valence-corrected chi connectivity index (χ3v) is 4.75. The maximum Gasteiger partial charge on any atom is 0.249 e. The van der Waals surface area contributed by atoms with Gasteiger partial charge in [-0.15, -0.1) is 22.9 Å². The van der Waals surface area contributed by atoms with Crippen LogP contribution in [0, 0.1) is 0 Å². The number of hydrogen-bond donors (Lipinski definition) is 1. The van der Waals surface area contributed by atoms with Crippen LogP contribution in [0.15, 0.2) is 16.3 Å². The molecular weight excluding hydrogens is 230 g/mol. The SMILES string of the molecule is CNS(=O)(=O)c1ccc(CCCl)s1. The van der Waals surface area contributed by atoms with E-state index in [1.807, 2.05) is 0 Å². The maximum absolute atomic E-state index is 11.3. The van der Waals surface area contributed by atoms with E-state index in [-0.39, 0.29) is 0 Å². The van der Waals surface area contributed by atoms with Gasteiger partial charge in [0.15, 0.2) is 0 Å². The lowest BCUT2D eigenvalue weighted by Gasteiger charge is -1.96. The molecule has 13 heavy (non-hydrogen) atoms. The number of rotatable bonds is 4. The highest BCUT2D eigenvalue weighted by molar-refractivity contribution is 7.91. The van der Waals surface area contributed by atoms with Gasteiger partial charge in [-0.05, 0) is 25.6 Å². The Bertz CT molecular complexity index is 372. The predicted octanol–water partition coefficient (Wildman–Crippen LogP) is 1.44. The Balaban J connectivity index is 2.92. The van der Waals surface area contributed by atoms with Gasteiger partial charge in [0.2, 0.25) is 10.0 Å². The first-order valence-corrected chi connectivity index (χ1v) is 6.52. The number of halogens is 1. The molecule has 6 heteroatoms. The van der Waals surface area contributed by atoms with Crippen LogP contribution in [0.4, 0.5) is 0 Å². The zero-order valence-corrected chi connectivity index (χ0v) is 9.47. The van der Waals surface area contributed by atoms with Crippen LogP contribution in [0.2, 0.25) is 0 Å². The maximum atomic E-state index is 11.3. The molecule has 0 aliphatic heterocycles. The Morgan fingerprint density at radius 1 is 1.54 bits per heavy atom. The second-order valence-electron chi connectivity index (χ2n) is 2.37. The van der Waals surface area contributed by atoms with E-state index in [4.69, 9.17) is 11.6 Å². The summed E-state index contributed by atoms with van der Waals surface area (Å²) in [6.45, 7) is 0. The normalized spacial score (nSPS) is 11.8. The molecule has 0 bridgehead atoms. The molecule has 1 N–H and O–H groups in total. The molecule has 0 fully saturated rings. The van der Waals surface area contributed by atoms with E-state index < -0.39 is 10.0 Å². The van der Waals surface area contributed by atoms with Gasteiger partial charge in [-0.1, -0.05) is 0 Å². The molecule has 0 aliphatic carbocycles. The highest BCUT2D eigenvalue weighted by atomic mass is 35.5. The van der Waals surface area contributed by atoms with Crippen molar-refractivity contribution >= 4 is 33.0 Å². The average molecular weight is 240 g/mol. The second kappa shape index (κ2) is 4.41. The summed E-state index contributed by atoms with van der Waals surface area (Å²) in [6.07, 6.45) is 0.714. The predicted molar refractivity (Wildman–Crippen MR) is 55.0 cm³/mol. The number of thiophene rings is 1. The molecule has 74 valence electrons. The van der Waals surface area contributed by atoms with Crippen LogP contribution >= 0.6 is 22.9 Å². The van der Waals surface area contributed by atoms with Crippen molar-refractivity contribution in [1.29, 1.82) is 0 Å². The molecule has 0 spiro atoms. The van der Waals surface area contributed by atoms with Gasteiger partial charge in [-0.25, -0.2) is 13.1 Å². The first-order chi connectivity index (χ1) is 6.10. The van der Waals surface area contributed by atoms with E-state index >= 15 is 0 Å². The fourth-order valence-corrected chi connectivity index (χ4v) is 3.34. The van der Waals surface area contributed by atoms with Crippen LogP contribution in [0.1, 0.15) is 4.88 Å². The van der Waals surface area contributed by atoms with Crippen LogP contribution in [-0.4, -0.2) is 21.3 Å². The molecular formula is C7H10ClNO2S2. The summed E-state index contributed by atoms with van der Waals surface area (Å²) in [5, 5.41) is 0. The second-order valence-corrected chi connectivity index (χ2v) is 6.03. The summed E-state index contributed by atoms with van der Waals surface area (Å²) in [6, 6.07) is 3.38. The highest BCUT2D eigenvalue weighted by Gasteiger charge is 2.13. The quantitative estimate of drug-likeness (QED) is 0.809. The molecule has 1 rings (SSSR count). The Kier molecular flexibility index (Phi) is 3.73. The lowest BCUT2D eigenvalue weighted by atomic mass is 10.4. The average Bonchev–Trinajstić information content (AvgIpc) is 2.54. The van der Waals surface area contributed by atoms with Crippen LogP contribution < -0.4 is 4.72 Å². The van der Waals surface area contributed by atoms with Crippen molar-refractivity contribution in [2.75, 3.05) is 12.9 Å². The van der Waals surface area contributed by atoms with E-state index in [0.717, 1.165) is 4.88 Å². The number of hydrogen-bond acceptors (Lipinski definition) is 3. The smallest absolute Gasteiger partial charge is 0.214 e. The van der Waals surface area contributed by atoms with E-state index in [9.17, 15) is 8.42 Å². The van der Waals surface area contributed by atoms with Crippen LogP contribution in [-0.2, 0) is 16.4 Å². The van der Waals surface area contributed by atoms with E-state index in [1.165, 1.54) is 18.4 Å². The Morgan fingerprint density at radius 2 is 2.23 bits per heavy atom. The third kappa shape index (κ3) is 2.67. The van der Waals surface area contributed by atoms with E-state index in [0.29, 0.717) is 16.5 Å². The zero-order chi connectivity index (χ0) is 9.90. The van der Waals surface area contributed by atoms with Crippen molar-refractivity contribution in [3.63, 3.8) is 0 Å². The summed E-state index contributed by atoms with van der Waals surface area (Å²) < 4.78 is 25.2. The molecule has 0 atom stereocenters. The van der Waals surface area contributed by atoms with Gasteiger partial charge in [0.1, 0.15) is 4.21 Å². The van der Waals surface area contributed by atoms with Crippen molar-refractivity contribution in [3.8, 4) is 0 Å². The standard InChI is InChI=1S/C7H10ClNO2S2/c1-9-13(10,11)7-3-2-6(12-7)4-5-8/h2-3,9H,4-5H2,1H3. The number of aryl methyl sites for hydroxylation is 1. The largest absolute Gasteiger partial charge is 0.249 e. The van der Waals surface area contributed by atoms with Gasteiger partial charge >= 0.3 is 0 Å². The third-order valence-electron chi connectivity index (χ3n) is 1.51. The Morgan fingerprint density at radius 3 is 2.77 bits per heavy atom. The molecule has 0 aromatic carbocycles. The molecule has 0 amide bonds. The van der Waals surface area contributed by atoms with Gasteiger partial charge in [0, 0.05) is 10.8 Å². The fraction of sp³-hybridized carbons (Fsp3) is 0.429. The fourth-order valence-electron chi connectivity index (χ4n) is 0.831. The van der Waals surface area contributed by atoms with E-state index in [2.05, 4.69) is 4.72 Å². The molecule has 0 radical (unpaired) electrons. The Hall–Kier alpha value is -0.100. The van der Waals surface area contributed by atoms with Crippen LogP contribution in [0.3, 0.4) is 0 Å². The number of alkyl halides is 1. The van der Waals surface area contributed by atoms with Crippen LogP contribution in [0.25, 0.3) is 0 Å². The lowest BCUT2D eigenvalue weighted by molar-refractivity contribution is 0.590. The minimum atomic E-state index is -3.27. The summed E-state index contributed by atoms with van der Waals surface area (Å²) >= 11 is 6.79. The van der Waals surface area contributed by atoms with Crippen molar-refractivity contribution in [2.45, 2.75) is 10.6 Å². The minimum Gasteiger partial charge on any atom is -0.214 e. The summed E-state index contributed by atoms with van der Waals surface area (Å²) in [4.78, 5) is 0.990. The number of sulfonamides is 1. The highest BCUT2D eigenvalue weighted by Crippen LogP contribution is 2.21. The molecule has 1 heterocycles. The molecule has 0 aliphatic rings. The molecule has 0 saturated heterocycles. The molecule has 0 saturated carbocycles. The monoisotopic (exact) mass is 239 g/mol. The summed E-state index contributed by atoms with van der Waals surface area (Å²) in [5.41, 5.74) is 0. The number of nitrogens with one attached hydrogen (secondary N) is 1. The van der Waals surface area contributed by atoms with Gasteiger partial charge in [0.05, 0.1) is 0 Å². The van der Waals surface area contributed by atoms with Crippen molar-refractivity contribution in [2.24, 2.45) is 0 Å². The van der Waals surface area contributed by atoms with Crippen molar-refractivity contribution in [3.05, 3.63) is 17.0 Å². The van der Waals surface area contributed by atoms with Gasteiger partial charge in [0.25, 0.3) is 0 Å². The lowest BCUT2D eigenvalue weighted by Crippen LogP contribution is -2.17. The van der Waals surface area contributed by atoms with Crippen molar-refractivity contribution < 1.29 is 8.42 Å². The minimum absolute atomic E-state index is 0.343. The van der Waals surface area contributed by atoms with Gasteiger partial charge in [-0.3, -0.25) is 0 Å². The topological polar surface area (TPSA) is 46.2 Å². The molecule has 3 nitrogen and oxygen atoms in total. The Labute approximate surface area is 86.8 Å². The molecule has 1 aromatic rings. The van der Waals surface area contributed by atoms with E-state index in [1.54, 1.807) is 12.1 Å². The van der Waals surface area contributed by atoms with Crippen LogP contribution in [0.5, 0.6) is 0 Å². The summed E-state index contributed by atoms with van der Waals surface area (Å²) in [7, 11) is -1.87. The molecule has 1 aromatic heterocycles. The first-order valence-electron chi connectivity index (χ1n) is 3.68. The first kappa shape index (κ1) is 11.0. The zero-order valence-electron chi connectivity index (χ0n) is 7.08.